The maximum Gasteiger partial charge on any atom is 0.333 e. The average molecular weight is 196 g/mol. The lowest BCUT2D eigenvalue weighted by Gasteiger charge is -2.30. The Morgan fingerprint density at radius 1 is 1.29 bits per heavy atom. The molecule has 0 saturated heterocycles. The zero-order chi connectivity index (χ0) is 10.6. The smallest absolute Gasteiger partial charge is 0.333 e. The van der Waals surface area contributed by atoms with Crippen LogP contribution in [-0.4, -0.2) is 13.1 Å². The molecule has 0 radical (unpaired) electrons. The van der Waals surface area contributed by atoms with Gasteiger partial charge in [0, 0.05) is 5.57 Å². The van der Waals surface area contributed by atoms with Gasteiger partial charge in [-0.15, -0.1) is 0 Å². The van der Waals surface area contributed by atoms with Gasteiger partial charge in [0.15, 0.2) is 0 Å². The van der Waals surface area contributed by atoms with Crippen molar-refractivity contribution in [3.8, 4) is 0 Å². The summed E-state index contributed by atoms with van der Waals surface area (Å²) in [5.41, 5.74) is 0.966. The first-order chi connectivity index (χ1) is 6.57. The molecule has 0 aromatic heterocycles. The quantitative estimate of drug-likeness (QED) is 0.501. The monoisotopic (exact) mass is 196 g/mol. The standard InChI is InChI=1S/C12H20O2/c1-10(11(13)14-3)9-12(2)7-5-4-6-8-12/h9H,4-8H2,1-3H3. The molecule has 0 heterocycles. The van der Waals surface area contributed by atoms with Crippen molar-refractivity contribution in [2.24, 2.45) is 5.41 Å². The molecule has 0 spiro atoms. The topological polar surface area (TPSA) is 26.3 Å². The lowest BCUT2D eigenvalue weighted by molar-refractivity contribution is -0.136. The third kappa shape index (κ3) is 2.86. The number of rotatable bonds is 2. The Bertz CT molecular complexity index is 235. The van der Waals surface area contributed by atoms with Crippen molar-refractivity contribution >= 4 is 5.97 Å². The van der Waals surface area contributed by atoms with Crippen LogP contribution in [-0.2, 0) is 9.53 Å². The summed E-state index contributed by atoms with van der Waals surface area (Å²) in [6, 6.07) is 0. The molecule has 1 saturated carbocycles. The summed E-state index contributed by atoms with van der Waals surface area (Å²) in [6.45, 7) is 4.07. The zero-order valence-corrected chi connectivity index (χ0v) is 9.43. The molecule has 0 atom stereocenters. The summed E-state index contributed by atoms with van der Waals surface area (Å²) in [5, 5.41) is 0. The van der Waals surface area contributed by atoms with Crippen molar-refractivity contribution in [3.63, 3.8) is 0 Å². The molecular weight excluding hydrogens is 176 g/mol. The predicted octanol–water partition coefficient (Wildman–Crippen LogP) is 3.08. The highest BCUT2D eigenvalue weighted by molar-refractivity contribution is 5.87. The van der Waals surface area contributed by atoms with E-state index in [1.807, 2.05) is 6.92 Å². The van der Waals surface area contributed by atoms with E-state index in [0.29, 0.717) is 0 Å². The van der Waals surface area contributed by atoms with Gasteiger partial charge in [0.1, 0.15) is 0 Å². The molecule has 0 N–H and O–H groups in total. The highest BCUT2D eigenvalue weighted by Gasteiger charge is 2.25. The molecule has 0 aromatic carbocycles. The maximum atomic E-state index is 11.2. The SMILES string of the molecule is COC(=O)C(C)=CC1(C)CCCCC1. The van der Waals surface area contributed by atoms with Crippen molar-refractivity contribution in [2.75, 3.05) is 7.11 Å². The second-order valence-corrected chi connectivity index (χ2v) is 4.53. The number of methoxy groups -OCH3 is 1. The fourth-order valence-electron chi connectivity index (χ4n) is 2.25. The minimum Gasteiger partial charge on any atom is -0.466 e. The molecule has 0 unspecified atom stereocenters. The molecule has 14 heavy (non-hydrogen) atoms. The lowest BCUT2D eigenvalue weighted by Crippen LogP contribution is -2.19. The van der Waals surface area contributed by atoms with E-state index in [1.165, 1.54) is 39.2 Å². The third-order valence-corrected chi connectivity index (χ3v) is 3.07. The lowest BCUT2D eigenvalue weighted by atomic mass is 9.75. The summed E-state index contributed by atoms with van der Waals surface area (Å²) in [5.74, 6) is -0.197. The van der Waals surface area contributed by atoms with Gasteiger partial charge in [0.05, 0.1) is 7.11 Å². The summed E-state index contributed by atoms with van der Waals surface area (Å²) in [4.78, 5) is 11.2. The number of ether oxygens (including phenoxy) is 1. The second kappa shape index (κ2) is 4.63. The summed E-state index contributed by atoms with van der Waals surface area (Å²) < 4.78 is 4.69. The van der Waals surface area contributed by atoms with Crippen LogP contribution in [0.5, 0.6) is 0 Å². The van der Waals surface area contributed by atoms with Crippen LogP contribution in [0.2, 0.25) is 0 Å². The van der Waals surface area contributed by atoms with Gasteiger partial charge in [-0.05, 0) is 25.2 Å². The fourth-order valence-corrected chi connectivity index (χ4v) is 2.25. The third-order valence-electron chi connectivity index (χ3n) is 3.07. The van der Waals surface area contributed by atoms with Gasteiger partial charge in [-0.3, -0.25) is 0 Å². The molecule has 1 aliphatic rings. The van der Waals surface area contributed by atoms with Gasteiger partial charge in [-0.25, -0.2) is 4.79 Å². The average Bonchev–Trinajstić information content (AvgIpc) is 2.17. The Hall–Kier alpha value is -0.790. The molecule has 0 aliphatic heterocycles. The van der Waals surface area contributed by atoms with E-state index in [0.717, 1.165) is 5.57 Å². The largest absolute Gasteiger partial charge is 0.466 e. The number of hydrogen-bond donors (Lipinski definition) is 0. The highest BCUT2D eigenvalue weighted by Crippen LogP contribution is 2.37. The van der Waals surface area contributed by atoms with Crippen LogP contribution in [0.25, 0.3) is 0 Å². The molecule has 0 amide bonds. The normalized spacial score (nSPS) is 21.8. The first kappa shape index (κ1) is 11.3. The predicted molar refractivity (Wildman–Crippen MR) is 57.0 cm³/mol. The summed E-state index contributed by atoms with van der Waals surface area (Å²) in [6.07, 6.45) is 8.38. The van der Waals surface area contributed by atoms with Crippen LogP contribution in [0.1, 0.15) is 46.0 Å². The molecule has 2 heteroatoms. The van der Waals surface area contributed by atoms with Gasteiger partial charge in [0.25, 0.3) is 0 Å². The van der Waals surface area contributed by atoms with E-state index in [1.54, 1.807) is 0 Å². The van der Waals surface area contributed by atoms with E-state index in [9.17, 15) is 4.79 Å². The molecule has 0 aromatic rings. The van der Waals surface area contributed by atoms with Crippen molar-refractivity contribution in [3.05, 3.63) is 11.6 Å². The van der Waals surface area contributed by atoms with Crippen LogP contribution in [0.15, 0.2) is 11.6 Å². The number of hydrogen-bond acceptors (Lipinski definition) is 2. The van der Waals surface area contributed by atoms with Crippen molar-refractivity contribution in [1.82, 2.24) is 0 Å². The van der Waals surface area contributed by atoms with Crippen LogP contribution >= 0.6 is 0 Å². The van der Waals surface area contributed by atoms with Crippen LogP contribution in [0.3, 0.4) is 0 Å². The summed E-state index contributed by atoms with van der Waals surface area (Å²) in [7, 11) is 1.43. The van der Waals surface area contributed by atoms with Crippen molar-refractivity contribution < 1.29 is 9.53 Å². The number of allylic oxidation sites excluding steroid dienone is 1. The summed E-state index contributed by atoms with van der Waals surface area (Å²) >= 11 is 0. The fraction of sp³-hybridized carbons (Fsp3) is 0.750. The Kier molecular flexibility index (Phi) is 3.73. The molecule has 1 fully saturated rings. The molecule has 0 bridgehead atoms. The minimum absolute atomic E-state index is 0.197. The number of carbonyl (C=O) groups is 1. The van der Waals surface area contributed by atoms with E-state index in [4.69, 9.17) is 4.74 Å². The Morgan fingerprint density at radius 3 is 2.36 bits per heavy atom. The van der Waals surface area contributed by atoms with Crippen LogP contribution < -0.4 is 0 Å². The van der Waals surface area contributed by atoms with Crippen molar-refractivity contribution in [2.45, 2.75) is 46.0 Å². The Balaban J connectivity index is 2.67. The minimum atomic E-state index is -0.197. The van der Waals surface area contributed by atoms with E-state index >= 15 is 0 Å². The van der Waals surface area contributed by atoms with Gasteiger partial charge in [0.2, 0.25) is 0 Å². The number of carbonyl (C=O) groups excluding carboxylic acids is 1. The van der Waals surface area contributed by atoms with Crippen LogP contribution in [0, 0.1) is 5.41 Å². The molecule has 80 valence electrons. The van der Waals surface area contributed by atoms with E-state index in [-0.39, 0.29) is 11.4 Å². The maximum absolute atomic E-state index is 11.2. The zero-order valence-electron chi connectivity index (χ0n) is 9.43. The highest BCUT2D eigenvalue weighted by atomic mass is 16.5. The van der Waals surface area contributed by atoms with Gasteiger partial charge in [-0.1, -0.05) is 32.3 Å². The molecule has 1 aliphatic carbocycles. The first-order valence-electron chi connectivity index (χ1n) is 5.35. The van der Waals surface area contributed by atoms with Gasteiger partial charge in [-0.2, -0.15) is 0 Å². The van der Waals surface area contributed by atoms with Crippen molar-refractivity contribution in [1.29, 1.82) is 0 Å². The first-order valence-corrected chi connectivity index (χ1v) is 5.35. The Labute approximate surface area is 86.3 Å². The van der Waals surface area contributed by atoms with Gasteiger partial charge < -0.3 is 4.74 Å². The van der Waals surface area contributed by atoms with Gasteiger partial charge >= 0.3 is 5.97 Å². The Morgan fingerprint density at radius 2 is 1.86 bits per heavy atom. The van der Waals surface area contributed by atoms with Crippen LogP contribution in [0.4, 0.5) is 0 Å². The molecule has 2 nitrogen and oxygen atoms in total. The second-order valence-electron chi connectivity index (χ2n) is 4.53. The van der Waals surface area contributed by atoms with E-state index < -0.39 is 0 Å². The van der Waals surface area contributed by atoms with E-state index in [2.05, 4.69) is 13.0 Å². The molecule has 1 rings (SSSR count). The number of esters is 1. The molecular formula is C12H20O2.